The van der Waals surface area contributed by atoms with Crippen LogP contribution in [0.1, 0.15) is 36.7 Å². The number of aliphatic hydroxyl groups excluding tert-OH is 2. The predicted molar refractivity (Wildman–Crippen MR) is 75.8 cm³/mol. The van der Waals surface area contributed by atoms with E-state index in [2.05, 4.69) is 9.97 Å². The van der Waals surface area contributed by atoms with Crippen molar-refractivity contribution >= 4 is 5.91 Å². The summed E-state index contributed by atoms with van der Waals surface area (Å²) < 4.78 is 0. The maximum atomic E-state index is 12.4. The average Bonchev–Trinajstić information content (AvgIpc) is 2.50. The highest BCUT2D eigenvalue weighted by Gasteiger charge is 2.43. The zero-order valence-electron chi connectivity index (χ0n) is 12.1. The molecule has 7 heteroatoms. The van der Waals surface area contributed by atoms with Crippen LogP contribution in [-0.4, -0.2) is 56.8 Å². The minimum atomic E-state index is -0.676. The molecule has 2 rings (SSSR count). The van der Waals surface area contributed by atoms with E-state index in [0.717, 1.165) is 12.6 Å². The molecule has 0 saturated carbocycles. The van der Waals surface area contributed by atoms with E-state index in [0.29, 0.717) is 19.4 Å². The van der Waals surface area contributed by atoms with E-state index < -0.39 is 11.5 Å². The van der Waals surface area contributed by atoms with Crippen molar-refractivity contribution in [3.05, 3.63) is 28.4 Å². The SMILES string of the molecule is CCC[C@@]1(CO)CN(C(=O)c2c[nH]c(=O)cn2)CC[C@H]1O. The third-order valence-corrected chi connectivity index (χ3v) is 4.13. The number of nitrogens with zero attached hydrogens (tertiary/aromatic N) is 2. The van der Waals surface area contributed by atoms with Crippen molar-refractivity contribution in [3.63, 3.8) is 0 Å². The summed E-state index contributed by atoms with van der Waals surface area (Å²) in [5.41, 5.74) is -0.879. The van der Waals surface area contributed by atoms with Crippen molar-refractivity contribution in [1.29, 1.82) is 0 Å². The lowest BCUT2D eigenvalue weighted by Gasteiger charge is -2.45. The molecule has 0 aromatic carbocycles. The molecule has 2 heterocycles. The average molecular weight is 295 g/mol. The van der Waals surface area contributed by atoms with E-state index in [1.165, 1.54) is 6.20 Å². The Labute approximate surface area is 122 Å². The van der Waals surface area contributed by atoms with Crippen LogP contribution in [0.2, 0.25) is 0 Å². The molecule has 116 valence electrons. The monoisotopic (exact) mass is 295 g/mol. The zero-order chi connectivity index (χ0) is 15.5. The van der Waals surface area contributed by atoms with Gasteiger partial charge in [-0.25, -0.2) is 4.98 Å². The lowest BCUT2D eigenvalue weighted by molar-refractivity contribution is -0.0721. The minimum absolute atomic E-state index is 0.161. The third kappa shape index (κ3) is 3.14. The van der Waals surface area contributed by atoms with E-state index in [1.54, 1.807) is 4.90 Å². The molecule has 3 N–H and O–H groups in total. The van der Waals surface area contributed by atoms with Gasteiger partial charge in [0, 0.05) is 24.7 Å². The van der Waals surface area contributed by atoms with Gasteiger partial charge in [0.2, 0.25) is 0 Å². The van der Waals surface area contributed by atoms with Crippen molar-refractivity contribution < 1.29 is 15.0 Å². The summed E-state index contributed by atoms with van der Waals surface area (Å²) in [7, 11) is 0. The van der Waals surface area contributed by atoms with Crippen LogP contribution < -0.4 is 5.56 Å². The van der Waals surface area contributed by atoms with Crippen molar-refractivity contribution in [3.8, 4) is 0 Å². The summed E-state index contributed by atoms with van der Waals surface area (Å²) in [4.78, 5) is 31.2. The quantitative estimate of drug-likeness (QED) is 0.710. The van der Waals surface area contributed by atoms with Gasteiger partial charge in [-0.2, -0.15) is 0 Å². The van der Waals surface area contributed by atoms with Crippen molar-refractivity contribution in [2.75, 3.05) is 19.7 Å². The fraction of sp³-hybridized carbons (Fsp3) is 0.643. The summed E-state index contributed by atoms with van der Waals surface area (Å²) in [6.45, 7) is 2.52. The second-order valence-corrected chi connectivity index (χ2v) is 5.60. The van der Waals surface area contributed by atoms with E-state index in [1.807, 2.05) is 6.92 Å². The Bertz CT molecular complexity index is 539. The van der Waals surface area contributed by atoms with Crippen LogP contribution in [0.5, 0.6) is 0 Å². The van der Waals surface area contributed by atoms with Gasteiger partial charge < -0.3 is 20.1 Å². The van der Waals surface area contributed by atoms with Crippen LogP contribution in [0.15, 0.2) is 17.2 Å². The number of carbonyl (C=O) groups excluding carboxylic acids is 1. The lowest BCUT2D eigenvalue weighted by Crippen LogP contribution is -2.55. The van der Waals surface area contributed by atoms with Crippen LogP contribution >= 0.6 is 0 Å². The number of hydrogen-bond donors (Lipinski definition) is 3. The van der Waals surface area contributed by atoms with Gasteiger partial charge in [-0.3, -0.25) is 9.59 Å². The Morgan fingerprint density at radius 1 is 1.62 bits per heavy atom. The standard InChI is InChI=1S/C14H21N3O4/c1-2-4-14(9-18)8-17(5-3-11(14)19)13(21)10-6-16-12(20)7-15-10/h6-7,11,18-19H,2-5,8-9H2,1H3,(H,16,20)/t11-,14+/m1/s1. The first-order chi connectivity index (χ1) is 10.0. The number of amides is 1. The molecule has 1 aliphatic heterocycles. The van der Waals surface area contributed by atoms with Crippen LogP contribution in [0, 0.1) is 5.41 Å². The first-order valence-electron chi connectivity index (χ1n) is 7.15. The minimum Gasteiger partial charge on any atom is -0.396 e. The second-order valence-electron chi connectivity index (χ2n) is 5.60. The fourth-order valence-electron chi connectivity index (χ4n) is 2.92. The van der Waals surface area contributed by atoms with Crippen LogP contribution in [0.25, 0.3) is 0 Å². The normalized spacial score (nSPS) is 25.9. The second kappa shape index (κ2) is 6.36. The number of aliphatic hydroxyl groups is 2. The number of hydrogen-bond acceptors (Lipinski definition) is 5. The molecule has 1 amide bonds. The highest BCUT2D eigenvalue weighted by atomic mass is 16.3. The van der Waals surface area contributed by atoms with Gasteiger partial charge in [-0.05, 0) is 12.8 Å². The van der Waals surface area contributed by atoms with E-state index in [4.69, 9.17) is 0 Å². The zero-order valence-corrected chi connectivity index (χ0v) is 12.1. The Balaban J connectivity index is 2.18. The van der Waals surface area contributed by atoms with Crippen molar-refractivity contribution in [2.24, 2.45) is 5.41 Å². The Kier molecular flexibility index (Phi) is 4.74. The molecule has 0 radical (unpaired) electrons. The van der Waals surface area contributed by atoms with E-state index in [9.17, 15) is 19.8 Å². The number of H-pyrrole nitrogens is 1. The molecule has 0 unspecified atom stereocenters. The first-order valence-corrected chi connectivity index (χ1v) is 7.15. The smallest absolute Gasteiger partial charge is 0.273 e. The number of aromatic amines is 1. The summed E-state index contributed by atoms with van der Waals surface area (Å²) >= 11 is 0. The molecular weight excluding hydrogens is 274 g/mol. The molecular formula is C14H21N3O4. The largest absolute Gasteiger partial charge is 0.396 e. The van der Waals surface area contributed by atoms with Gasteiger partial charge in [0.25, 0.3) is 11.5 Å². The molecule has 1 saturated heterocycles. The van der Waals surface area contributed by atoms with Gasteiger partial charge in [-0.15, -0.1) is 0 Å². The molecule has 1 fully saturated rings. The van der Waals surface area contributed by atoms with Gasteiger partial charge in [0.1, 0.15) is 5.69 Å². The number of rotatable bonds is 4. The highest BCUT2D eigenvalue weighted by Crippen LogP contribution is 2.35. The Hall–Kier alpha value is -1.73. The fourth-order valence-corrected chi connectivity index (χ4v) is 2.92. The first kappa shape index (κ1) is 15.7. The summed E-state index contributed by atoms with van der Waals surface area (Å²) in [5.74, 6) is -0.299. The molecule has 21 heavy (non-hydrogen) atoms. The van der Waals surface area contributed by atoms with E-state index >= 15 is 0 Å². The van der Waals surface area contributed by atoms with Crippen LogP contribution in [0.4, 0.5) is 0 Å². The lowest BCUT2D eigenvalue weighted by atomic mass is 9.74. The summed E-state index contributed by atoms with van der Waals surface area (Å²) in [6.07, 6.45) is 3.63. The van der Waals surface area contributed by atoms with Crippen molar-refractivity contribution in [1.82, 2.24) is 14.9 Å². The Morgan fingerprint density at radius 3 is 2.95 bits per heavy atom. The van der Waals surface area contributed by atoms with Gasteiger partial charge >= 0.3 is 0 Å². The Morgan fingerprint density at radius 2 is 2.38 bits per heavy atom. The maximum absolute atomic E-state index is 12.4. The summed E-state index contributed by atoms with van der Waals surface area (Å²) in [5, 5.41) is 19.9. The van der Waals surface area contributed by atoms with Gasteiger partial charge in [0.05, 0.1) is 18.9 Å². The van der Waals surface area contributed by atoms with Gasteiger partial charge in [-0.1, -0.05) is 13.3 Å². The molecule has 1 aromatic heterocycles. The predicted octanol–water partition coefficient (Wildman–Crippen LogP) is -0.245. The molecule has 0 aliphatic carbocycles. The summed E-state index contributed by atoms with van der Waals surface area (Å²) in [6, 6.07) is 0. The molecule has 1 aliphatic rings. The molecule has 2 atom stereocenters. The molecule has 1 aromatic rings. The molecule has 0 bridgehead atoms. The number of piperidine rings is 1. The number of likely N-dealkylation sites (tertiary alicyclic amines) is 1. The topological polar surface area (TPSA) is 107 Å². The van der Waals surface area contributed by atoms with E-state index in [-0.39, 0.29) is 30.3 Å². The number of nitrogens with one attached hydrogen (secondary N) is 1. The van der Waals surface area contributed by atoms with Gasteiger partial charge in [0.15, 0.2) is 0 Å². The molecule has 7 nitrogen and oxygen atoms in total. The third-order valence-electron chi connectivity index (χ3n) is 4.13. The number of carbonyl (C=O) groups is 1. The number of aromatic nitrogens is 2. The van der Waals surface area contributed by atoms with Crippen LogP contribution in [-0.2, 0) is 0 Å². The maximum Gasteiger partial charge on any atom is 0.273 e. The van der Waals surface area contributed by atoms with Crippen molar-refractivity contribution in [2.45, 2.75) is 32.3 Å². The molecule has 0 spiro atoms. The van der Waals surface area contributed by atoms with Crippen LogP contribution in [0.3, 0.4) is 0 Å². The highest BCUT2D eigenvalue weighted by molar-refractivity contribution is 5.92.